The fraction of sp³-hybridized carbons (Fsp3) is 0.839. The maximum absolute atomic E-state index is 14.3. The molecule has 4 fully saturated rings. The zero-order valence-corrected chi connectivity index (χ0v) is 23.3. The van der Waals surface area contributed by atoms with Crippen molar-refractivity contribution in [2.24, 2.45) is 50.2 Å². The third-order valence-corrected chi connectivity index (χ3v) is 13.0. The Bertz CT molecular complexity index is 1020. The number of carbonyl (C=O) groups is 3. The number of carbonyl (C=O) groups excluding carboxylic acids is 3. The van der Waals surface area contributed by atoms with Gasteiger partial charge in [0.25, 0.3) is 0 Å². The molecule has 0 amide bonds. The van der Waals surface area contributed by atoms with Crippen LogP contribution in [0.3, 0.4) is 0 Å². The Morgan fingerprint density at radius 1 is 0.914 bits per heavy atom. The van der Waals surface area contributed by atoms with Crippen LogP contribution in [0.25, 0.3) is 0 Å². The van der Waals surface area contributed by atoms with Crippen molar-refractivity contribution in [1.29, 1.82) is 0 Å². The van der Waals surface area contributed by atoms with E-state index in [2.05, 4.69) is 54.5 Å². The second-order valence-corrected chi connectivity index (χ2v) is 14.9. The van der Waals surface area contributed by atoms with Crippen LogP contribution in [0.15, 0.2) is 11.6 Å². The molecule has 0 saturated heterocycles. The van der Waals surface area contributed by atoms with Crippen molar-refractivity contribution in [1.82, 2.24) is 0 Å². The Labute approximate surface area is 212 Å². The first-order chi connectivity index (χ1) is 16.1. The van der Waals surface area contributed by atoms with Crippen LogP contribution in [0.2, 0.25) is 0 Å². The summed E-state index contributed by atoms with van der Waals surface area (Å²) in [6.07, 6.45) is 10.3. The summed E-state index contributed by atoms with van der Waals surface area (Å²) in [7, 11) is 1.50. The molecule has 0 N–H and O–H groups in total. The summed E-state index contributed by atoms with van der Waals surface area (Å²) in [5, 5.41) is 0. The Hall–Kier alpha value is -1.45. The summed E-state index contributed by atoms with van der Waals surface area (Å²) in [6.45, 7) is 15.9. The fourth-order valence-electron chi connectivity index (χ4n) is 10.4. The molecule has 0 unspecified atom stereocenters. The van der Waals surface area contributed by atoms with Gasteiger partial charge in [-0.3, -0.25) is 14.4 Å². The number of esters is 1. The first-order valence-electron chi connectivity index (χ1n) is 14.0. The number of ketones is 2. The molecule has 0 aromatic rings. The van der Waals surface area contributed by atoms with Crippen LogP contribution in [0, 0.1) is 50.2 Å². The number of allylic oxidation sites excluding steroid dienone is 2. The van der Waals surface area contributed by atoms with E-state index in [4.69, 9.17) is 4.74 Å². The van der Waals surface area contributed by atoms with Crippen molar-refractivity contribution >= 4 is 17.5 Å². The highest BCUT2D eigenvalue weighted by atomic mass is 16.5. The van der Waals surface area contributed by atoms with E-state index in [0.717, 1.165) is 51.4 Å². The summed E-state index contributed by atoms with van der Waals surface area (Å²) in [5.74, 6) is 0.980. The topological polar surface area (TPSA) is 60.4 Å². The van der Waals surface area contributed by atoms with Crippen LogP contribution in [0.4, 0.5) is 0 Å². The maximum Gasteiger partial charge on any atom is 0.311 e. The standard InChI is InChI=1S/C31H46O4/c1-26(2)22-9-12-31(7)24(29(22,5)11-10-23(26)33)21(32)17-19-20-18-28(4,25(34)35-8)14-13-27(20,3)15-16-30(19,31)6/h17,20,22,24H,9-16,18H2,1-8H3/t20-,22+,24-,27-,28+,29-,30+,31-/m1/s1. The molecule has 0 bridgehead atoms. The van der Waals surface area contributed by atoms with Crippen LogP contribution in [-0.2, 0) is 19.1 Å². The van der Waals surface area contributed by atoms with E-state index < -0.39 is 5.41 Å². The molecule has 194 valence electrons. The third kappa shape index (κ3) is 3.00. The van der Waals surface area contributed by atoms with Gasteiger partial charge in [-0.15, -0.1) is 0 Å². The highest BCUT2D eigenvalue weighted by Gasteiger charge is 2.70. The molecule has 4 saturated carbocycles. The lowest BCUT2D eigenvalue weighted by Crippen LogP contribution is -2.66. The van der Waals surface area contributed by atoms with Crippen molar-refractivity contribution in [2.45, 2.75) is 106 Å². The molecule has 5 aliphatic carbocycles. The molecule has 0 aliphatic heterocycles. The van der Waals surface area contributed by atoms with E-state index in [0.29, 0.717) is 12.2 Å². The second kappa shape index (κ2) is 7.32. The van der Waals surface area contributed by atoms with E-state index in [1.807, 2.05) is 0 Å². The zero-order valence-electron chi connectivity index (χ0n) is 23.3. The van der Waals surface area contributed by atoms with Gasteiger partial charge in [-0.1, -0.05) is 47.1 Å². The quantitative estimate of drug-likeness (QED) is 0.390. The summed E-state index contributed by atoms with van der Waals surface area (Å²) in [5.41, 5.74) is 0.244. The van der Waals surface area contributed by atoms with Gasteiger partial charge >= 0.3 is 5.97 Å². The molecule has 0 heterocycles. The summed E-state index contributed by atoms with van der Waals surface area (Å²) in [6, 6.07) is 0. The minimum atomic E-state index is -0.490. The maximum atomic E-state index is 14.3. The van der Waals surface area contributed by atoms with Crippen molar-refractivity contribution in [3.8, 4) is 0 Å². The Morgan fingerprint density at radius 2 is 1.57 bits per heavy atom. The molecular weight excluding hydrogens is 436 g/mol. The minimum Gasteiger partial charge on any atom is -0.469 e. The average molecular weight is 483 g/mol. The van der Waals surface area contributed by atoms with Gasteiger partial charge in [-0.05, 0) is 97.9 Å². The smallest absolute Gasteiger partial charge is 0.311 e. The highest BCUT2D eigenvalue weighted by molar-refractivity contribution is 5.96. The van der Waals surface area contributed by atoms with Gasteiger partial charge in [0.2, 0.25) is 0 Å². The monoisotopic (exact) mass is 482 g/mol. The van der Waals surface area contributed by atoms with Crippen molar-refractivity contribution in [3.63, 3.8) is 0 Å². The number of fused-ring (bicyclic) bond motifs is 7. The van der Waals surface area contributed by atoms with Gasteiger partial charge in [0, 0.05) is 17.8 Å². The largest absolute Gasteiger partial charge is 0.469 e. The fourth-order valence-corrected chi connectivity index (χ4v) is 10.4. The number of methoxy groups -OCH3 is 1. The molecule has 4 nitrogen and oxygen atoms in total. The number of rotatable bonds is 1. The Kier molecular flexibility index (Phi) is 5.27. The Morgan fingerprint density at radius 3 is 2.23 bits per heavy atom. The van der Waals surface area contributed by atoms with Crippen LogP contribution in [0.5, 0.6) is 0 Å². The molecule has 0 aromatic heterocycles. The third-order valence-electron chi connectivity index (χ3n) is 13.0. The molecule has 0 radical (unpaired) electrons. The molecule has 0 aromatic carbocycles. The molecule has 8 atom stereocenters. The van der Waals surface area contributed by atoms with E-state index in [1.54, 1.807) is 0 Å². The average Bonchev–Trinajstić information content (AvgIpc) is 2.78. The molecule has 5 rings (SSSR count). The van der Waals surface area contributed by atoms with Gasteiger partial charge in [0.05, 0.1) is 12.5 Å². The van der Waals surface area contributed by atoms with Crippen LogP contribution in [0.1, 0.15) is 106 Å². The lowest BCUT2D eigenvalue weighted by Gasteiger charge is -2.69. The van der Waals surface area contributed by atoms with E-state index in [1.165, 1.54) is 12.7 Å². The predicted octanol–water partition coefficient (Wildman–Crippen LogP) is 6.71. The summed E-state index contributed by atoms with van der Waals surface area (Å²) >= 11 is 0. The van der Waals surface area contributed by atoms with Gasteiger partial charge in [-0.25, -0.2) is 0 Å². The van der Waals surface area contributed by atoms with Crippen molar-refractivity contribution in [2.75, 3.05) is 7.11 Å². The molecule has 35 heavy (non-hydrogen) atoms. The normalized spacial score (nSPS) is 50.7. The van der Waals surface area contributed by atoms with Crippen molar-refractivity contribution in [3.05, 3.63) is 11.6 Å². The van der Waals surface area contributed by atoms with Gasteiger partial charge in [-0.2, -0.15) is 0 Å². The SMILES string of the molecule is COC(=O)[C@@]1(C)CC[C@]2(C)CC[C@@]3(C)C(=CC(=O)[C@@H]4[C@]5(C)CCC(=O)C(C)(C)[C@@H]5CC[C@]43C)[C@H]2C1. The second-order valence-electron chi connectivity index (χ2n) is 14.9. The van der Waals surface area contributed by atoms with Crippen LogP contribution in [-0.4, -0.2) is 24.6 Å². The van der Waals surface area contributed by atoms with Gasteiger partial charge in [0.15, 0.2) is 5.78 Å². The lowest BCUT2D eigenvalue weighted by molar-refractivity contribution is -0.188. The highest BCUT2D eigenvalue weighted by Crippen LogP contribution is 2.74. The van der Waals surface area contributed by atoms with Gasteiger partial charge in [0.1, 0.15) is 5.78 Å². The lowest BCUT2D eigenvalue weighted by atomic mass is 9.33. The number of hydrogen-bond acceptors (Lipinski definition) is 4. The summed E-state index contributed by atoms with van der Waals surface area (Å²) in [4.78, 5) is 40.0. The first-order valence-corrected chi connectivity index (χ1v) is 14.0. The van der Waals surface area contributed by atoms with Crippen LogP contribution < -0.4 is 0 Å². The van der Waals surface area contributed by atoms with Crippen molar-refractivity contribution < 1.29 is 19.1 Å². The zero-order chi connectivity index (χ0) is 25.8. The summed E-state index contributed by atoms with van der Waals surface area (Å²) < 4.78 is 5.24. The minimum absolute atomic E-state index is 0.0465. The molecular formula is C31H46O4. The number of ether oxygens (including phenoxy) is 1. The first kappa shape index (κ1) is 25.2. The van der Waals surface area contributed by atoms with E-state index in [-0.39, 0.29) is 56.6 Å². The van der Waals surface area contributed by atoms with Gasteiger partial charge < -0.3 is 4.74 Å². The van der Waals surface area contributed by atoms with Crippen LogP contribution >= 0.6 is 0 Å². The molecule has 5 aliphatic rings. The number of Topliss-reactive ketones (excluding diaryl/α,β-unsaturated/α-hetero) is 1. The van der Waals surface area contributed by atoms with E-state index >= 15 is 0 Å². The molecule has 4 heteroatoms. The van der Waals surface area contributed by atoms with E-state index in [9.17, 15) is 14.4 Å². The predicted molar refractivity (Wildman–Crippen MR) is 136 cm³/mol. The Balaban J connectivity index is 1.62. The number of hydrogen-bond donors (Lipinski definition) is 0. The molecule has 0 spiro atoms.